The minimum Gasteiger partial charge on any atom is -0.307 e. The van der Waals surface area contributed by atoms with Crippen molar-refractivity contribution >= 4 is 5.91 Å². The third-order valence-electron chi connectivity index (χ3n) is 1.62. The van der Waals surface area contributed by atoms with Crippen molar-refractivity contribution in [2.75, 3.05) is 0 Å². The van der Waals surface area contributed by atoms with Gasteiger partial charge in [-0.2, -0.15) is 0 Å². The molecule has 2 heteroatoms. The lowest BCUT2D eigenvalue weighted by atomic mass is 10.3. The van der Waals surface area contributed by atoms with Gasteiger partial charge in [0.15, 0.2) is 0 Å². The fraction of sp³-hybridized carbons (Fsp3) is 0.375. The molecule has 0 bridgehead atoms. The van der Waals surface area contributed by atoms with E-state index in [4.69, 9.17) is 0 Å². The van der Waals surface area contributed by atoms with Gasteiger partial charge in [0, 0.05) is 12.6 Å². The molecule has 1 atom stereocenters. The molecule has 0 fully saturated rings. The Hall–Kier alpha value is -1.05. The highest BCUT2D eigenvalue weighted by atomic mass is 16.2. The number of rotatable bonds is 0. The van der Waals surface area contributed by atoms with Crippen molar-refractivity contribution in [3.05, 3.63) is 24.4 Å². The Balaban J connectivity index is 2.79. The quantitative estimate of drug-likeness (QED) is 0.493. The first-order valence-electron chi connectivity index (χ1n) is 3.30. The summed E-state index contributed by atoms with van der Waals surface area (Å²) in [4.78, 5) is 12.6. The molecule has 1 rings (SSSR count). The Morgan fingerprint density at radius 2 is 2.40 bits per heavy atom. The van der Waals surface area contributed by atoms with E-state index in [0.717, 1.165) is 5.70 Å². The van der Waals surface area contributed by atoms with Gasteiger partial charge in [-0.3, -0.25) is 4.79 Å². The molecule has 2 nitrogen and oxygen atoms in total. The Morgan fingerprint density at radius 1 is 1.80 bits per heavy atom. The summed E-state index contributed by atoms with van der Waals surface area (Å²) in [6.45, 7) is 7.24. The Kier molecular flexibility index (Phi) is 1.62. The van der Waals surface area contributed by atoms with Crippen molar-refractivity contribution in [1.29, 1.82) is 0 Å². The van der Waals surface area contributed by atoms with Gasteiger partial charge in [0.2, 0.25) is 5.91 Å². The number of carbonyl (C=O) groups excluding carboxylic acids is 1. The summed E-state index contributed by atoms with van der Waals surface area (Å²) >= 11 is 0. The van der Waals surface area contributed by atoms with Gasteiger partial charge in [0.05, 0.1) is 6.04 Å². The fourth-order valence-electron chi connectivity index (χ4n) is 1.17. The van der Waals surface area contributed by atoms with E-state index in [9.17, 15) is 4.79 Å². The fourth-order valence-corrected chi connectivity index (χ4v) is 1.17. The first-order chi connectivity index (χ1) is 4.63. The van der Waals surface area contributed by atoms with Gasteiger partial charge < -0.3 is 4.90 Å². The van der Waals surface area contributed by atoms with Gasteiger partial charge in [-0.15, -0.1) is 0 Å². The second-order valence-corrected chi connectivity index (χ2v) is 2.48. The molecule has 0 spiro atoms. The van der Waals surface area contributed by atoms with Crippen LogP contribution >= 0.6 is 0 Å². The maximum atomic E-state index is 10.9. The molecule has 0 radical (unpaired) electrons. The first kappa shape index (κ1) is 7.06. The number of allylic oxidation sites excluding steroid dienone is 1. The largest absolute Gasteiger partial charge is 0.307 e. The molecule has 1 heterocycles. The monoisotopic (exact) mass is 137 g/mol. The number of nitrogens with zero attached hydrogens (tertiary/aromatic N) is 1. The van der Waals surface area contributed by atoms with Crippen LogP contribution in [0.4, 0.5) is 0 Å². The molecule has 1 amide bonds. The van der Waals surface area contributed by atoms with E-state index in [-0.39, 0.29) is 11.9 Å². The molecular formula is C8H11NO. The smallest absolute Gasteiger partial charge is 0.224 e. The number of carbonyl (C=O) groups is 1. The Labute approximate surface area is 60.8 Å². The minimum absolute atomic E-state index is 0.0579. The molecule has 0 aliphatic carbocycles. The average molecular weight is 137 g/mol. The van der Waals surface area contributed by atoms with Crippen LogP contribution in [0.2, 0.25) is 0 Å². The number of hydrogen-bond acceptors (Lipinski definition) is 1. The van der Waals surface area contributed by atoms with Crippen molar-refractivity contribution in [3.63, 3.8) is 0 Å². The van der Waals surface area contributed by atoms with Crippen LogP contribution in [-0.4, -0.2) is 16.8 Å². The molecule has 54 valence electrons. The summed E-state index contributed by atoms with van der Waals surface area (Å²) in [5.41, 5.74) is 0.792. The third-order valence-corrected chi connectivity index (χ3v) is 1.62. The van der Waals surface area contributed by atoms with E-state index in [1.165, 1.54) is 0 Å². The lowest BCUT2D eigenvalue weighted by Crippen LogP contribution is -2.30. The van der Waals surface area contributed by atoms with Crippen molar-refractivity contribution in [2.24, 2.45) is 0 Å². The normalized spacial score (nSPS) is 24.0. The van der Waals surface area contributed by atoms with Gasteiger partial charge in [-0.1, -0.05) is 12.7 Å². The summed E-state index contributed by atoms with van der Waals surface area (Å²) in [6.07, 6.45) is 3.83. The number of hydrogen-bond donors (Lipinski definition) is 0. The molecule has 0 saturated heterocycles. The second-order valence-electron chi connectivity index (χ2n) is 2.48. The molecule has 1 unspecified atom stereocenters. The highest BCUT2D eigenvalue weighted by Gasteiger charge is 2.20. The van der Waals surface area contributed by atoms with Gasteiger partial charge in [0.1, 0.15) is 0 Å². The Bertz CT molecular complexity index is 205. The third kappa shape index (κ3) is 0.967. The molecule has 0 aromatic carbocycles. The van der Waals surface area contributed by atoms with E-state index in [1.807, 2.05) is 19.1 Å². The molecule has 0 saturated carbocycles. The zero-order valence-electron chi connectivity index (χ0n) is 6.29. The maximum Gasteiger partial charge on any atom is 0.224 e. The topological polar surface area (TPSA) is 20.3 Å². The molecule has 0 N–H and O–H groups in total. The molecule has 0 aromatic heterocycles. The standard InChI is InChI=1S/C8H11NO/c1-6-4-5-7(2)9(6)8(3)10/h4-5,7H,1H2,2-3H3. The van der Waals surface area contributed by atoms with E-state index in [2.05, 4.69) is 6.58 Å². The minimum atomic E-state index is 0.0579. The van der Waals surface area contributed by atoms with Crippen LogP contribution in [0, 0.1) is 0 Å². The summed E-state index contributed by atoms with van der Waals surface area (Å²) in [6, 6.07) is 0.185. The molecule has 10 heavy (non-hydrogen) atoms. The zero-order chi connectivity index (χ0) is 7.72. The lowest BCUT2D eigenvalue weighted by Gasteiger charge is -2.20. The second kappa shape index (κ2) is 2.29. The van der Waals surface area contributed by atoms with Crippen LogP contribution in [-0.2, 0) is 4.79 Å². The van der Waals surface area contributed by atoms with E-state index < -0.39 is 0 Å². The van der Waals surface area contributed by atoms with E-state index >= 15 is 0 Å². The predicted molar refractivity (Wildman–Crippen MR) is 40.3 cm³/mol. The van der Waals surface area contributed by atoms with Crippen LogP contribution in [0.15, 0.2) is 24.4 Å². The van der Waals surface area contributed by atoms with Crippen LogP contribution in [0.1, 0.15) is 13.8 Å². The van der Waals surface area contributed by atoms with E-state index in [1.54, 1.807) is 11.8 Å². The maximum absolute atomic E-state index is 10.9. The predicted octanol–water partition coefficient (Wildman–Crippen LogP) is 1.31. The SMILES string of the molecule is C=C1C=CC(C)N1C(C)=O. The van der Waals surface area contributed by atoms with Gasteiger partial charge in [-0.05, 0) is 13.0 Å². The Morgan fingerprint density at radius 3 is 2.60 bits per heavy atom. The van der Waals surface area contributed by atoms with Crippen LogP contribution < -0.4 is 0 Å². The highest BCUT2D eigenvalue weighted by molar-refractivity contribution is 5.77. The van der Waals surface area contributed by atoms with Crippen LogP contribution in [0.3, 0.4) is 0 Å². The van der Waals surface area contributed by atoms with Crippen molar-refractivity contribution in [1.82, 2.24) is 4.90 Å². The highest BCUT2D eigenvalue weighted by Crippen LogP contribution is 2.17. The molecule has 1 aliphatic rings. The van der Waals surface area contributed by atoms with Gasteiger partial charge in [0.25, 0.3) is 0 Å². The van der Waals surface area contributed by atoms with Crippen molar-refractivity contribution < 1.29 is 4.79 Å². The first-order valence-corrected chi connectivity index (χ1v) is 3.30. The summed E-state index contributed by atoms with van der Waals surface area (Å²) in [7, 11) is 0. The summed E-state index contributed by atoms with van der Waals surface area (Å²) in [5.74, 6) is 0.0579. The van der Waals surface area contributed by atoms with Gasteiger partial charge in [-0.25, -0.2) is 0 Å². The lowest BCUT2D eigenvalue weighted by molar-refractivity contribution is -0.127. The summed E-state index contributed by atoms with van der Waals surface area (Å²) < 4.78 is 0. The zero-order valence-corrected chi connectivity index (χ0v) is 6.29. The number of amides is 1. The van der Waals surface area contributed by atoms with Crippen LogP contribution in [0.25, 0.3) is 0 Å². The molecular weight excluding hydrogens is 126 g/mol. The molecule has 1 aliphatic heterocycles. The molecule has 0 aromatic rings. The van der Waals surface area contributed by atoms with Gasteiger partial charge >= 0.3 is 0 Å². The van der Waals surface area contributed by atoms with Crippen molar-refractivity contribution in [2.45, 2.75) is 19.9 Å². The van der Waals surface area contributed by atoms with Crippen molar-refractivity contribution in [3.8, 4) is 0 Å². The van der Waals surface area contributed by atoms with E-state index in [0.29, 0.717) is 0 Å². The average Bonchev–Trinajstić information content (AvgIpc) is 2.11. The van der Waals surface area contributed by atoms with Crippen LogP contribution in [0.5, 0.6) is 0 Å². The summed E-state index contributed by atoms with van der Waals surface area (Å²) in [5, 5.41) is 0.